The van der Waals surface area contributed by atoms with E-state index in [-0.39, 0.29) is 11.8 Å². The lowest BCUT2D eigenvalue weighted by Crippen LogP contribution is -2.11. The number of alkyl halides is 9. The van der Waals surface area contributed by atoms with Crippen molar-refractivity contribution in [3.8, 4) is 17.3 Å². The Balaban J connectivity index is 1.81. The van der Waals surface area contributed by atoms with Crippen LogP contribution in [0.1, 0.15) is 22.6 Å². The topological polar surface area (TPSA) is 61.0 Å². The summed E-state index contributed by atoms with van der Waals surface area (Å²) in [5, 5.41) is 6.45. The van der Waals surface area contributed by atoms with E-state index in [4.69, 9.17) is 20.8 Å². The molecule has 0 bridgehead atoms. The molecule has 15 heteroatoms. The minimum Gasteiger partial charge on any atom is -0.484 e. The Morgan fingerprint density at radius 2 is 1.34 bits per heavy atom. The summed E-state index contributed by atoms with van der Waals surface area (Å²) in [5.41, 5.74) is -4.64. The highest BCUT2D eigenvalue weighted by Gasteiger charge is 2.37. The normalized spacial score (nSPS) is 12.8. The zero-order chi connectivity index (χ0) is 23.9. The molecule has 172 valence electrons. The van der Waals surface area contributed by atoms with Crippen molar-refractivity contribution in [2.75, 3.05) is 0 Å². The summed E-state index contributed by atoms with van der Waals surface area (Å²) >= 11 is 5.74. The zero-order valence-corrected chi connectivity index (χ0v) is 15.8. The second-order valence-electron chi connectivity index (χ2n) is 6.08. The molecule has 0 unspecified atom stereocenters. The van der Waals surface area contributed by atoms with E-state index in [1.165, 1.54) is 0 Å². The van der Waals surface area contributed by atoms with Crippen molar-refractivity contribution in [3.05, 3.63) is 58.1 Å². The standard InChI is InChI=1S/C17H7ClF9N3O2/c18-11-4-9(17(25,26)27)5-28-13(11)14-30-29-12(32-14)6-31-10-2-7(15(19,20)21)1-8(3-10)16(22,23)24/h1-5H,6H2. The predicted octanol–water partition coefficient (Wildman–Crippen LogP) is 6.42. The molecule has 2 aromatic heterocycles. The highest BCUT2D eigenvalue weighted by Crippen LogP contribution is 2.38. The lowest BCUT2D eigenvalue weighted by atomic mass is 10.1. The summed E-state index contributed by atoms with van der Waals surface area (Å²) in [6.45, 7) is -0.746. The van der Waals surface area contributed by atoms with Crippen molar-refractivity contribution < 1.29 is 48.7 Å². The van der Waals surface area contributed by atoms with E-state index in [9.17, 15) is 39.5 Å². The molecule has 0 aliphatic rings. The highest BCUT2D eigenvalue weighted by molar-refractivity contribution is 6.32. The fourth-order valence-electron chi connectivity index (χ4n) is 2.31. The van der Waals surface area contributed by atoms with E-state index in [2.05, 4.69) is 15.2 Å². The molecule has 32 heavy (non-hydrogen) atoms. The Hall–Kier alpha value is -3.03. The maximum absolute atomic E-state index is 12.9. The van der Waals surface area contributed by atoms with Crippen molar-refractivity contribution in [3.63, 3.8) is 0 Å². The molecule has 0 N–H and O–H groups in total. The minimum absolute atomic E-state index is 0.0735. The summed E-state index contributed by atoms with van der Waals surface area (Å²) in [7, 11) is 0. The number of halogens is 10. The molecule has 0 radical (unpaired) electrons. The number of nitrogens with zero attached hydrogens (tertiary/aromatic N) is 3. The van der Waals surface area contributed by atoms with E-state index in [1.807, 2.05) is 0 Å². The summed E-state index contributed by atoms with van der Waals surface area (Å²) < 4.78 is 125. The van der Waals surface area contributed by atoms with E-state index in [0.29, 0.717) is 24.4 Å². The molecule has 5 nitrogen and oxygen atoms in total. The molecule has 0 atom stereocenters. The van der Waals surface area contributed by atoms with Crippen LogP contribution in [0.5, 0.6) is 5.75 Å². The molecule has 0 saturated heterocycles. The number of pyridine rings is 1. The predicted molar refractivity (Wildman–Crippen MR) is 88.3 cm³/mol. The largest absolute Gasteiger partial charge is 0.484 e. The van der Waals surface area contributed by atoms with E-state index in [0.717, 1.165) is 0 Å². The summed E-state index contributed by atoms with van der Waals surface area (Å²) in [6, 6.07) is 1.18. The number of hydrogen-bond donors (Lipinski definition) is 0. The van der Waals surface area contributed by atoms with Gasteiger partial charge in [0.1, 0.15) is 11.4 Å². The number of rotatable bonds is 4. The monoisotopic (exact) mass is 491 g/mol. The van der Waals surface area contributed by atoms with Gasteiger partial charge in [-0.2, -0.15) is 39.5 Å². The molecule has 3 aromatic rings. The van der Waals surface area contributed by atoms with Crippen LogP contribution in [0.2, 0.25) is 5.02 Å². The average molecular weight is 492 g/mol. The van der Waals surface area contributed by atoms with Gasteiger partial charge in [-0.1, -0.05) is 11.6 Å². The average Bonchev–Trinajstić information content (AvgIpc) is 3.12. The second kappa shape index (κ2) is 8.15. The van der Waals surface area contributed by atoms with Crippen molar-refractivity contribution in [1.82, 2.24) is 15.2 Å². The molecule has 0 amide bonds. The van der Waals surface area contributed by atoms with Crippen LogP contribution in [0, 0.1) is 0 Å². The third-order valence-electron chi connectivity index (χ3n) is 3.76. The van der Waals surface area contributed by atoms with Gasteiger partial charge in [-0.05, 0) is 24.3 Å². The molecule has 1 aromatic carbocycles. The van der Waals surface area contributed by atoms with Crippen LogP contribution in [0.4, 0.5) is 39.5 Å². The summed E-state index contributed by atoms with van der Waals surface area (Å²) in [6.07, 6.45) is -14.4. The molecule has 0 aliphatic heterocycles. The first-order chi connectivity index (χ1) is 14.6. The molecular weight excluding hydrogens is 485 g/mol. The lowest BCUT2D eigenvalue weighted by Gasteiger charge is -2.14. The van der Waals surface area contributed by atoms with E-state index >= 15 is 0 Å². The Kier molecular flexibility index (Phi) is 6.02. The zero-order valence-electron chi connectivity index (χ0n) is 15.0. The number of benzene rings is 1. The van der Waals surface area contributed by atoms with Crippen LogP contribution in [-0.2, 0) is 25.1 Å². The Labute approximate surface area is 176 Å². The first-order valence-electron chi connectivity index (χ1n) is 8.12. The number of ether oxygens (including phenoxy) is 1. The Morgan fingerprint density at radius 3 is 1.84 bits per heavy atom. The minimum atomic E-state index is -5.07. The van der Waals surface area contributed by atoms with E-state index in [1.54, 1.807) is 0 Å². The van der Waals surface area contributed by atoms with Gasteiger partial charge in [-0.25, -0.2) is 4.98 Å². The van der Waals surface area contributed by atoms with Crippen LogP contribution < -0.4 is 4.74 Å². The van der Waals surface area contributed by atoms with Crippen molar-refractivity contribution >= 4 is 11.6 Å². The number of aromatic nitrogens is 3. The molecule has 0 saturated carbocycles. The molecule has 0 fully saturated rings. The van der Waals surface area contributed by atoms with Gasteiger partial charge in [0.25, 0.3) is 11.8 Å². The first-order valence-corrected chi connectivity index (χ1v) is 8.50. The van der Waals surface area contributed by atoms with Crippen LogP contribution in [-0.4, -0.2) is 15.2 Å². The third-order valence-corrected chi connectivity index (χ3v) is 4.05. The molecule has 0 aliphatic carbocycles. The van der Waals surface area contributed by atoms with Gasteiger partial charge in [0.05, 0.1) is 21.7 Å². The van der Waals surface area contributed by atoms with Crippen molar-refractivity contribution in [2.24, 2.45) is 0 Å². The van der Waals surface area contributed by atoms with Crippen molar-refractivity contribution in [2.45, 2.75) is 25.1 Å². The van der Waals surface area contributed by atoms with Crippen LogP contribution in [0.3, 0.4) is 0 Å². The van der Waals surface area contributed by atoms with Gasteiger partial charge in [-0.15, -0.1) is 10.2 Å². The second-order valence-corrected chi connectivity index (χ2v) is 6.49. The van der Waals surface area contributed by atoms with Gasteiger partial charge in [0.15, 0.2) is 6.61 Å². The Bertz CT molecular complexity index is 1090. The van der Waals surface area contributed by atoms with Gasteiger partial charge < -0.3 is 9.15 Å². The highest BCUT2D eigenvalue weighted by atomic mass is 35.5. The maximum Gasteiger partial charge on any atom is 0.417 e. The molecule has 3 rings (SSSR count). The molecular formula is C17H7ClF9N3O2. The van der Waals surface area contributed by atoms with Crippen LogP contribution >= 0.6 is 11.6 Å². The smallest absolute Gasteiger partial charge is 0.417 e. The lowest BCUT2D eigenvalue weighted by molar-refractivity contribution is -0.143. The fraction of sp³-hybridized carbons (Fsp3) is 0.235. The third kappa shape index (κ3) is 5.41. The van der Waals surface area contributed by atoms with Gasteiger partial charge in [0.2, 0.25) is 0 Å². The van der Waals surface area contributed by atoms with Crippen LogP contribution in [0.25, 0.3) is 11.6 Å². The first kappa shape index (κ1) is 23.6. The quantitative estimate of drug-likeness (QED) is 0.394. The van der Waals surface area contributed by atoms with Gasteiger partial charge >= 0.3 is 18.5 Å². The maximum atomic E-state index is 12.9. The summed E-state index contributed by atoms with van der Waals surface area (Å²) in [4.78, 5) is 3.48. The van der Waals surface area contributed by atoms with Gasteiger partial charge in [-0.3, -0.25) is 0 Å². The molecule has 0 spiro atoms. The fourth-order valence-corrected chi connectivity index (χ4v) is 2.56. The Morgan fingerprint density at radius 1 is 0.781 bits per heavy atom. The SMILES string of the molecule is FC(F)(F)c1cc(OCc2nnc(-c3ncc(C(F)(F)F)cc3Cl)o2)cc(C(F)(F)F)c1. The number of hydrogen-bond acceptors (Lipinski definition) is 5. The van der Waals surface area contributed by atoms with Crippen LogP contribution in [0.15, 0.2) is 34.9 Å². The molecule has 2 heterocycles. The summed E-state index contributed by atoms with van der Waals surface area (Å²) in [5.74, 6) is -1.64. The van der Waals surface area contributed by atoms with E-state index < -0.39 is 64.4 Å². The van der Waals surface area contributed by atoms with Gasteiger partial charge in [0, 0.05) is 6.20 Å². The van der Waals surface area contributed by atoms with Crippen molar-refractivity contribution in [1.29, 1.82) is 0 Å².